The lowest BCUT2D eigenvalue weighted by Gasteiger charge is -2.11. The van der Waals surface area contributed by atoms with Crippen LogP contribution in [0.3, 0.4) is 0 Å². The first-order valence-corrected chi connectivity index (χ1v) is 4.34. The third-order valence-corrected chi connectivity index (χ3v) is 2.35. The van der Waals surface area contributed by atoms with Crippen LogP contribution in [0.2, 0.25) is 0 Å². The molecule has 0 spiro atoms. The van der Waals surface area contributed by atoms with Crippen LogP contribution in [0.4, 0.5) is 0 Å². The Morgan fingerprint density at radius 2 is 2.25 bits per heavy atom. The number of nitrogens with two attached hydrogens (primary N) is 1. The van der Waals surface area contributed by atoms with Crippen molar-refractivity contribution in [3.05, 3.63) is 0 Å². The van der Waals surface area contributed by atoms with Gasteiger partial charge in [-0.1, -0.05) is 0 Å². The zero-order valence-electron chi connectivity index (χ0n) is 7.18. The van der Waals surface area contributed by atoms with Gasteiger partial charge in [-0.15, -0.1) is 0 Å². The second-order valence-electron chi connectivity index (χ2n) is 3.32. The second kappa shape index (κ2) is 3.87. The predicted octanol–water partition coefficient (Wildman–Crippen LogP) is -0.776. The lowest BCUT2D eigenvalue weighted by Crippen LogP contribution is -2.37. The zero-order chi connectivity index (χ0) is 9.03. The normalized spacial score (nSPS) is 18.8. The highest BCUT2D eigenvalue weighted by Crippen LogP contribution is 2.44. The van der Waals surface area contributed by atoms with Crippen LogP contribution in [0, 0.1) is 5.41 Å². The molecule has 70 valence electrons. The zero-order valence-corrected chi connectivity index (χ0v) is 7.18. The van der Waals surface area contributed by atoms with Crippen molar-refractivity contribution in [2.75, 3.05) is 19.7 Å². The molecular formula is C8H16N2O2. The maximum Gasteiger partial charge on any atom is 0.227 e. The molecule has 1 saturated carbocycles. The molecule has 1 amide bonds. The van der Waals surface area contributed by atoms with Gasteiger partial charge in [0.2, 0.25) is 5.91 Å². The minimum atomic E-state index is -0.255. The van der Waals surface area contributed by atoms with Crippen molar-refractivity contribution >= 4 is 5.91 Å². The Hall–Kier alpha value is -0.610. The summed E-state index contributed by atoms with van der Waals surface area (Å²) < 4.78 is 0. The maximum atomic E-state index is 11.4. The molecule has 1 fully saturated rings. The molecular weight excluding hydrogens is 156 g/mol. The Morgan fingerprint density at radius 3 is 2.67 bits per heavy atom. The molecule has 0 radical (unpaired) electrons. The number of aliphatic hydroxyl groups excluding tert-OH is 1. The van der Waals surface area contributed by atoms with E-state index in [2.05, 4.69) is 5.32 Å². The van der Waals surface area contributed by atoms with Crippen molar-refractivity contribution in [3.63, 3.8) is 0 Å². The Morgan fingerprint density at radius 1 is 1.58 bits per heavy atom. The molecule has 0 aromatic carbocycles. The van der Waals surface area contributed by atoms with Crippen LogP contribution in [0.1, 0.15) is 19.3 Å². The van der Waals surface area contributed by atoms with Crippen LogP contribution in [-0.4, -0.2) is 30.7 Å². The van der Waals surface area contributed by atoms with Crippen LogP contribution in [0.5, 0.6) is 0 Å². The number of rotatable bonds is 5. The standard InChI is InChI=1S/C8H16N2O2/c9-6-8(2-3-8)7(12)10-4-1-5-11/h11H,1-6,9H2,(H,10,12). The molecule has 1 rings (SSSR count). The maximum absolute atomic E-state index is 11.4. The van der Waals surface area contributed by atoms with E-state index in [0.717, 1.165) is 12.8 Å². The highest BCUT2D eigenvalue weighted by atomic mass is 16.3. The fourth-order valence-electron chi connectivity index (χ4n) is 1.14. The van der Waals surface area contributed by atoms with E-state index < -0.39 is 0 Å². The summed E-state index contributed by atoms with van der Waals surface area (Å²) in [6.07, 6.45) is 2.44. The molecule has 0 heterocycles. The van der Waals surface area contributed by atoms with E-state index in [0.29, 0.717) is 19.5 Å². The molecule has 0 aliphatic heterocycles. The van der Waals surface area contributed by atoms with Gasteiger partial charge in [0.1, 0.15) is 0 Å². The lowest BCUT2D eigenvalue weighted by atomic mass is 10.1. The summed E-state index contributed by atoms with van der Waals surface area (Å²) >= 11 is 0. The first-order valence-electron chi connectivity index (χ1n) is 4.34. The number of carbonyl (C=O) groups excluding carboxylic acids is 1. The first-order chi connectivity index (χ1) is 5.75. The molecule has 4 heteroatoms. The fraction of sp³-hybridized carbons (Fsp3) is 0.875. The van der Waals surface area contributed by atoms with Crippen molar-refractivity contribution in [3.8, 4) is 0 Å². The molecule has 0 aromatic heterocycles. The van der Waals surface area contributed by atoms with E-state index in [9.17, 15) is 4.79 Å². The molecule has 4 N–H and O–H groups in total. The van der Waals surface area contributed by atoms with Gasteiger partial charge in [-0.3, -0.25) is 4.79 Å². The fourth-order valence-corrected chi connectivity index (χ4v) is 1.14. The summed E-state index contributed by atoms with van der Waals surface area (Å²) in [6, 6.07) is 0. The van der Waals surface area contributed by atoms with E-state index >= 15 is 0 Å². The van der Waals surface area contributed by atoms with Crippen LogP contribution in [0.25, 0.3) is 0 Å². The third kappa shape index (κ3) is 1.95. The average Bonchev–Trinajstić information content (AvgIpc) is 2.85. The Bertz CT molecular complexity index is 166. The lowest BCUT2D eigenvalue weighted by molar-refractivity contribution is -0.125. The third-order valence-electron chi connectivity index (χ3n) is 2.35. The molecule has 0 aromatic rings. The topological polar surface area (TPSA) is 75.4 Å². The molecule has 1 aliphatic carbocycles. The number of carbonyl (C=O) groups is 1. The molecule has 0 bridgehead atoms. The highest BCUT2D eigenvalue weighted by molar-refractivity contribution is 5.85. The van der Waals surface area contributed by atoms with Gasteiger partial charge in [-0.2, -0.15) is 0 Å². The van der Waals surface area contributed by atoms with Gasteiger partial charge in [0.25, 0.3) is 0 Å². The number of amides is 1. The van der Waals surface area contributed by atoms with Crippen molar-refractivity contribution in [2.45, 2.75) is 19.3 Å². The Balaban J connectivity index is 2.20. The van der Waals surface area contributed by atoms with Crippen LogP contribution in [0.15, 0.2) is 0 Å². The molecule has 0 saturated heterocycles. The monoisotopic (exact) mass is 172 g/mol. The minimum Gasteiger partial charge on any atom is -0.396 e. The van der Waals surface area contributed by atoms with Crippen molar-refractivity contribution in [1.29, 1.82) is 0 Å². The summed E-state index contributed by atoms with van der Waals surface area (Å²) in [7, 11) is 0. The predicted molar refractivity (Wildman–Crippen MR) is 45.4 cm³/mol. The summed E-state index contributed by atoms with van der Waals surface area (Å²) in [5, 5.41) is 11.2. The van der Waals surface area contributed by atoms with Crippen molar-refractivity contribution in [2.24, 2.45) is 11.1 Å². The SMILES string of the molecule is NCC1(C(=O)NCCCO)CC1. The largest absolute Gasteiger partial charge is 0.396 e. The molecule has 0 atom stereocenters. The van der Waals surface area contributed by atoms with Gasteiger partial charge in [0.15, 0.2) is 0 Å². The summed E-state index contributed by atoms with van der Waals surface area (Å²) in [5.41, 5.74) is 5.21. The van der Waals surface area contributed by atoms with Crippen molar-refractivity contribution in [1.82, 2.24) is 5.32 Å². The van der Waals surface area contributed by atoms with E-state index in [-0.39, 0.29) is 17.9 Å². The summed E-state index contributed by atoms with van der Waals surface area (Å²) in [4.78, 5) is 11.4. The summed E-state index contributed by atoms with van der Waals surface area (Å²) in [6.45, 7) is 1.12. The molecule has 0 unspecified atom stereocenters. The van der Waals surface area contributed by atoms with Crippen LogP contribution in [-0.2, 0) is 4.79 Å². The van der Waals surface area contributed by atoms with E-state index in [1.807, 2.05) is 0 Å². The summed E-state index contributed by atoms with van der Waals surface area (Å²) in [5.74, 6) is 0.0541. The van der Waals surface area contributed by atoms with Gasteiger partial charge >= 0.3 is 0 Å². The number of hydrogen-bond donors (Lipinski definition) is 3. The molecule has 12 heavy (non-hydrogen) atoms. The number of hydrogen-bond acceptors (Lipinski definition) is 3. The minimum absolute atomic E-state index is 0.0541. The van der Waals surface area contributed by atoms with E-state index in [1.54, 1.807) is 0 Å². The molecule has 1 aliphatic rings. The van der Waals surface area contributed by atoms with Gasteiger partial charge in [0, 0.05) is 19.7 Å². The average molecular weight is 172 g/mol. The quantitative estimate of drug-likeness (QED) is 0.476. The van der Waals surface area contributed by atoms with Gasteiger partial charge in [-0.05, 0) is 19.3 Å². The Kier molecular flexibility index (Phi) is 3.05. The van der Waals surface area contributed by atoms with Crippen LogP contribution < -0.4 is 11.1 Å². The number of nitrogens with one attached hydrogen (secondary N) is 1. The Labute approximate surface area is 72.1 Å². The number of aliphatic hydroxyl groups is 1. The first kappa shape index (κ1) is 9.48. The van der Waals surface area contributed by atoms with Gasteiger partial charge in [-0.25, -0.2) is 0 Å². The van der Waals surface area contributed by atoms with E-state index in [4.69, 9.17) is 10.8 Å². The smallest absolute Gasteiger partial charge is 0.227 e. The van der Waals surface area contributed by atoms with Gasteiger partial charge < -0.3 is 16.2 Å². The van der Waals surface area contributed by atoms with Crippen LogP contribution >= 0.6 is 0 Å². The highest BCUT2D eigenvalue weighted by Gasteiger charge is 2.48. The second-order valence-corrected chi connectivity index (χ2v) is 3.32. The van der Waals surface area contributed by atoms with Gasteiger partial charge in [0.05, 0.1) is 5.41 Å². The van der Waals surface area contributed by atoms with Crippen molar-refractivity contribution < 1.29 is 9.90 Å². The molecule has 4 nitrogen and oxygen atoms in total. The van der Waals surface area contributed by atoms with E-state index in [1.165, 1.54) is 0 Å².